The van der Waals surface area contributed by atoms with Gasteiger partial charge in [0.05, 0.1) is 7.11 Å². The van der Waals surface area contributed by atoms with Gasteiger partial charge in [0.2, 0.25) is 5.91 Å². The molecule has 1 aromatic carbocycles. The summed E-state index contributed by atoms with van der Waals surface area (Å²) in [7, 11) is 1.64. The predicted octanol–water partition coefficient (Wildman–Crippen LogP) is 2.61. The van der Waals surface area contributed by atoms with Crippen LogP contribution in [0.3, 0.4) is 0 Å². The van der Waals surface area contributed by atoms with Crippen molar-refractivity contribution in [3.05, 3.63) is 29.8 Å². The monoisotopic (exact) mass is 290 g/mol. The molecule has 0 aliphatic heterocycles. The number of ether oxygens (including phenoxy) is 1. The quantitative estimate of drug-likeness (QED) is 0.846. The van der Waals surface area contributed by atoms with E-state index < -0.39 is 0 Å². The van der Waals surface area contributed by atoms with Crippen LogP contribution in [0.15, 0.2) is 24.3 Å². The molecule has 1 fully saturated rings. The lowest BCUT2D eigenvalue weighted by Gasteiger charge is -2.35. The topological polar surface area (TPSA) is 64.3 Å². The Bertz CT molecular complexity index is 468. The lowest BCUT2D eigenvalue weighted by atomic mass is 9.71. The molecular formula is C17H26N2O2. The van der Waals surface area contributed by atoms with Crippen LogP contribution in [0, 0.1) is 5.41 Å². The van der Waals surface area contributed by atoms with Gasteiger partial charge in [0.1, 0.15) is 5.75 Å². The number of benzene rings is 1. The highest BCUT2D eigenvalue weighted by Crippen LogP contribution is 2.38. The van der Waals surface area contributed by atoms with E-state index in [0.717, 1.165) is 24.2 Å². The van der Waals surface area contributed by atoms with Crippen molar-refractivity contribution >= 4 is 5.91 Å². The molecule has 1 aliphatic rings. The van der Waals surface area contributed by atoms with Crippen LogP contribution in [0.1, 0.15) is 44.1 Å². The first-order chi connectivity index (χ1) is 10.2. The van der Waals surface area contributed by atoms with Crippen LogP contribution >= 0.6 is 0 Å². The minimum absolute atomic E-state index is 0.0170. The van der Waals surface area contributed by atoms with Crippen molar-refractivity contribution in [2.75, 3.05) is 13.7 Å². The number of carbonyl (C=O) groups is 1. The molecule has 21 heavy (non-hydrogen) atoms. The molecule has 0 atom stereocenters. The molecule has 0 spiro atoms. The fraction of sp³-hybridized carbons (Fsp3) is 0.588. The highest BCUT2D eigenvalue weighted by Gasteiger charge is 2.32. The summed E-state index contributed by atoms with van der Waals surface area (Å²) >= 11 is 0. The van der Waals surface area contributed by atoms with E-state index in [1.54, 1.807) is 7.11 Å². The van der Waals surface area contributed by atoms with Crippen molar-refractivity contribution in [1.82, 2.24) is 5.32 Å². The number of hydrogen-bond donors (Lipinski definition) is 2. The first kappa shape index (κ1) is 15.8. The molecule has 4 heteroatoms. The van der Waals surface area contributed by atoms with Crippen LogP contribution < -0.4 is 15.8 Å². The van der Waals surface area contributed by atoms with E-state index in [1.165, 1.54) is 19.3 Å². The summed E-state index contributed by atoms with van der Waals surface area (Å²) in [4.78, 5) is 12.2. The second-order valence-corrected chi connectivity index (χ2v) is 6.03. The highest BCUT2D eigenvalue weighted by molar-refractivity contribution is 5.76. The summed E-state index contributed by atoms with van der Waals surface area (Å²) in [6, 6.07) is 7.75. The van der Waals surface area contributed by atoms with Crippen molar-refractivity contribution in [2.24, 2.45) is 11.1 Å². The van der Waals surface area contributed by atoms with E-state index in [0.29, 0.717) is 19.5 Å². The van der Waals surface area contributed by atoms with Crippen LogP contribution in [0.2, 0.25) is 0 Å². The van der Waals surface area contributed by atoms with E-state index in [4.69, 9.17) is 10.5 Å². The summed E-state index contributed by atoms with van der Waals surface area (Å²) in [5.41, 5.74) is 6.96. The van der Waals surface area contributed by atoms with Gasteiger partial charge < -0.3 is 15.8 Å². The fourth-order valence-corrected chi connectivity index (χ4v) is 3.20. The molecule has 1 aliphatic carbocycles. The zero-order chi connectivity index (χ0) is 15.1. The number of hydrogen-bond acceptors (Lipinski definition) is 3. The summed E-state index contributed by atoms with van der Waals surface area (Å²) in [5.74, 6) is 0.900. The second kappa shape index (κ2) is 7.46. The van der Waals surface area contributed by atoms with E-state index in [9.17, 15) is 4.79 Å². The Morgan fingerprint density at radius 3 is 2.67 bits per heavy atom. The van der Waals surface area contributed by atoms with E-state index in [1.807, 2.05) is 24.3 Å². The largest absolute Gasteiger partial charge is 0.496 e. The van der Waals surface area contributed by atoms with Gasteiger partial charge in [-0.2, -0.15) is 0 Å². The second-order valence-electron chi connectivity index (χ2n) is 6.03. The zero-order valence-corrected chi connectivity index (χ0v) is 12.9. The molecule has 1 aromatic rings. The average Bonchev–Trinajstić information content (AvgIpc) is 2.54. The van der Waals surface area contributed by atoms with Crippen LogP contribution in [0.5, 0.6) is 5.75 Å². The third-order valence-corrected chi connectivity index (χ3v) is 4.55. The normalized spacial score (nSPS) is 17.2. The highest BCUT2D eigenvalue weighted by atomic mass is 16.5. The fourth-order valence-electron chi connectivity index (χ4n) is 3.20. The summed E-state index contributed by atoms with van der Waals surface area (Å²) in [6.45, 7) is 1.11. The predicted molar refractivity (Wildman–Crippen MR) is 84.0 cm³/mol. The van der Waals surface area contributed by atoms with Crippen LogP contribution in [0.25, 0.3) is 0 Å². The van der Waals surface area contributed by atoms with Gasteiger partial charge in [-0.25, -0.2) is 0 Å². The van der Waals surface area contributed by atoms with E-state index in [-0.39, 0.29) is 11.3 Å². The molecule has 0 heterocycles. The average molecular weight is 290 g/mol. The summed E-state index contributed by atoms with van der Waals surface area (Å²) in [5, 5.41) is 3.01. The van der Waals surface area contributed by atoms with Gasteiger partial charge in [-0.15, -0.1) is 0 Å². The SMILES string of the molecule is COc1ccccc1CNC(=O)CC1(CN)CCCCC1. The van der Waals surface area contributed by atoms with E-state index >= 15 is 0 Å². The number of carbonyl (C=O) groups excluding carboxylic acids is 1. The Morgan fingerprint density at radius 2 is 2.00 bits per heavy atom. The Hall–Kier alpha value is -1.55. The zero-order valence-electron chi connectivity index (χ0n) is 12.9. The molecule has 1 amide bonds. The minimum atomic E-state index is 0.0170. The molecular weight excluding hydrogens is 264 g/mol. The van der Waals surface area contributed by atoms with Gasteiger partial charge in [-0.05, 0) is 30.9 Å². The number of methoxy groups -OCH3 is 1. The Kier molecular flexibility index (Phi) is 5.62. The molecule has 0 unspecified atom stereocenters. The first-order valence-electron chi connectivity index (χ1n) is 7.78. The van der Waals surface area contributed by atoms with Gasteiger partial charge in [-0.3, -0.25) is 4.79 Å². The molecule has 116 valence electrons. The Morgan fingerprint density at radius 1 is 1.29 bits per heavy atom. The molecule has 2 rings (SSSR count). The number of amides is 1. The Balaban J connectivity index is 1.89. The first-order valence-corrected chi connectivity index (χ1v) is 7.78. The number of nitrogens with one attached hydrogen (secondary N) is 1. The molecule has 0 aromatic heterocycles. The van der Waals surface area contributed by atoms with E-state index in [2.05, 4.69) is 5.32 Å². The van der Waals surface area contributed by atoms with Crippen molar-refractivity contribution in [2.45, 2.75) is 45.1 Å². The molecule has 0 radical (unpaired) electrons. The third kappa shape index (κ3) is 4.21. The maximum Gasteiger partial charge on any atom is 0.220 e. The van der Waals surface area contributed by atoms with Gasteiger partial charge in [0.25, 0.3) is 0 Å². The van der Waals surface area contributed by atoms with Gasteiger partial charge in [0.15, 0.2) is 0 Å². The third-order valence-electron chi connectivity index (χ3n) is 4.55. The number of para-hydroxylation sites is 1. The lowest BCUT2D eigenvalue weighted by Crippen LogP contribution is -2.38. The van der Waals surface area contributed by atoms with Crippen molar-refractivity contribution in [3.8, 4) is 5.75 Å². The van der Waals surface area contributed by atoms with Crippen molar-refractivity contribution in [1.29, 1.82) is 0 Å². The van der Waals surface area contributed by atoms with Crippen molar-refractivity contribution in [3.63, 3.8) is 0 Å². The van der Waals surface area contributed by atoms with Gasteiger partial charge in [0, 0.05) is 18.5 Å². The van der Waals surface area contributed by atoms with Crippen LogP contribution in [0.4, 0.5) is 0 Å². The number of rotatable bonds is 6. The summed E-state index contributed by atoms with van der Waals surface area (Å²) < 4.78 is 5.30. The van der Waals surface area contributed by atoms with Gasteiger partial charge >= 0.3 is 0 Å². The maximum absolute atomic E-state index is 12.2. The molecule has 1 saturated carbocycles. The summed E-state index contributed by atoms with van der Waals surface area (Å²) in [6.07, 6.45) is 6.34. The molecule has 4 nitrogen and oxygen atoms in total. The van der Waals surface area contributed by atoms with Gasteiger partial charge in [-0.1, -0.05) is 37.5 Å². The Labute approximate surface area is 127 Å². The smallest absolute Gasteiger partial charge is 0.220 e. The standard InChI is InChI=1S/C17H26N2O2/c1-21-15-8-4-3-7-14(15)12-19-16(20)11-17(13-18)9-5-2-6-10-17/h3-4,7-8H,2,5-6,9-13,18H2,1H3,(H,19,20). The maximum atomic E-state index is 12.2. The molecule has 0 bridgehead atoms. The lowest BCUT2D eigenvalue weighted by molar-refractivity contribution is -0.124. The minimum Gasteiger partial charge on any atom is -0.496 e. The van der Waals surface area contributed by atoms with Crippen LogP contribution in [-0.4, -0.2) is 19.6 Å². The van der Waals surface area contributed by atoms with Crippen LogP contribution in [-0.2, 0) is 11.3 Å². The molecule has 3 N–H and O–H groups in total. The number of nitrogens with two attached hydrogens (primary N) is 1. The molecule has 0 saturated heterocycles. The van der Waals surface area contributed by atoms with Crippen molar-refractivity contribution < 1.29 is 9.53 Å².